The molecule has 5 aromatic carbocycles. The Balaban J connectivity index is 1.85. The summed E-state index contributed by atoms with van der Waals surface area (Å²) in [6.45, 7) is 13.5. The van der Waals surface area contributed by atoms with Gasteiger partial charge in [0.05, 0.1) is 0 Å². The summed E-state index contributed by atoms with van der Waals surface area (Å²) in [4.78, 5) is 0. The third-order valence-electron chi connectivity index (χ3n) is 7.37. The molecule has 5 rings (SSSR count). The molecule has 2 nitrogen and oxygen atoms in total. The van der Waals surface area contributed by atoms with Gasteiger partial charge in [0.25, 0.3) is 0 Å². The fourth-order valence-electron chi connectivity index (χ4n) is 5.17. The molecule has 182 valence electrons. The molecule has 2 heteroatoms. The van der Waals surface area contributed by atoms with Gasteiger partial charge in [-0.15, -0.1) is 0 Å². The van der Waals surface area contributed by atoms with Crippen LogP contribution in [0.2, 0.25) is 0 Å². The zero-order valence-electron chi connectivity index (χ0n) is 22.2. The molecule has 0 aliphatic heterocycles. The van der Waals surface area contributed by atoms with Gasteiger partial charge in [-0.25, -0.2) is 0 Å². The molecule has 0 atom stereocenters. The van der Waals surface area contributed by atoms with Crippen LogP contribution in [0.25, 0.3) is 43.8 Å². The van der Waals surface area contributed by atoms with Crippen molar-refractivity contribution in [2.75, 3.05) is 11.5 Å². The van der Waals surface area contributed by atoms with Crippen molar-refractivity contribution in [2.24, 2.45) is 0 Å². The molecule has 4 N–H and O–H groups in total. The van der Waals surface area contributed by atoms with Gasteiger partial charge >= 0.3 is 0 Å². The second-order valence-corrected chi connectivity index (χ2v) is 11.9. The number of hydrogen-bond acceptors (Lipinski definition) is 2. The maximum atomic E-state index is 6.93. The van der Waals surface area contributed by atoms with Crippen molar-refractivity contribution < 1.29 is 0 Å². The molecular formula is C34H36N2. The quantitative estimate of drug-likeness (QED) is 0.153. The average Bonchev–Trinajstić information content (AvgIpc) is 2.85. The molecule has 0 radical (unpaired) electrons. The van der Waals surface area contributed by atoms with E-state index in [9.17, 15) is 0 Å². The van der Waals surface area contributed by atoms with Crippen LogP contribution < -0.4 is 11.5 Å². The van der Waals surface area contributed by atoms with Gasteiger partial charge in [-0.3, -0.25) is 0 Å². The van der Waals surface area contributed by atoms with Crippen LogP contribution in [-0.4, -0.2) is 0 Å². The van der Waals surface area contributed by atoms with E-state index in [0.717, 1.165) is 49.6 Å². The summed E-state index contributed by atoms with van der Waals surface area (Å²) in [6.07, 6.45) is 0. The zero-order chi connectivity index (χ0) is 25.8. The maximum absolute atomic E-state index is 6.93. The van der Waals surface area contributed by atoms with Crippen molar-refractivity contribution in [3.63, 3.8) is 0 Å². The number of nitrogen functional groups attached to an aromatic ring is 2. The van der Waals surface area contributed by atoms with E-state index in [4.69, 9.17) is 11.5 Å². The minimum atomic E-state index is 0.0859. The molecule has 5 aromatic rings. The summed E-state index contributed by atoms with van der Waals surface area (Å²) in [5.74, 6) is 0. The van der Waals surface area contributed by atoms with Gasteiger partial charge in [0.15, 0.2) is 0 Å². The number of nitrogens with two attached hydrogens (primary N) is 2. The Morgan fingerprint density at radius 2 is 0.944 bits per heavy atom. The van der Waals surface area contributed by atoms with Gasteiger partial charge in [-0.1, -0.05) is 126 Å². The topological polar surface area (TPSA) is 52.0 Å². The van der Waals surface area contributed by atoms with E-state index < -0.39 is 0 Å². The standard InChI is InChI=1S/C34H36N2/c1-33(2,3)23-15-11-21(12-16-23)25-19-20-28-30(32(36)27-10-8-7-9-26(27)31(28)35)29(25)22-13-17-24(18-14-22)34(4,5)6/h7-20H,35-36H2,1-6H3. The predicted molar refractivity (Wildman–Crippen MR) is 159 cm³/mol. The smallest absolute Gasteiger partial charge is 0.0481 e. The van der Waals surface area contributed by atoms with Gasteiger partial charge < -0.3 is 11.5 Å². The van der Waals surface area contributed by atoms with Crippen LogP contribution in [-0.2, 0) is 10.8 Å². The van der Waals surface area contributed by atoms with Crippen LogP contribution in [0.4, 0.5) is 11.4 Å². The summed E-state index contributed by atoms with van der Waals surface area (Å²) < 4.78 is 0. The highest BCUT2D eigenvalue weighted by Gasteiger charge is 2.20. The number of rotatable bonds is 2. The van der Waals surface area contributed by atoms with Gasteiger partial charge in [0, 0.05) is 32.9 Å². The molecule has 0 aliphatic rings. The van der Waals surface area contributed by atoms with Crippen LogP contribution in [0, 0.1) is 0 Å². The first kappa shape index (κ1) is 23.9. The Kier molecular flexibility index (Phi) is 5.59. The van der Waals surface area contributed by atoms with Crippen molar-refractivity contribution in [2.45, 2.75) is 52.4 Å². The number of hydrogen-bond donors (Lipinski definition) is 2. The van der Waals surface area contributed by atoms with Crippen LogP contribution in [0.5, 0.6) is 0 Å². The van der Waals surface area contributed by atoms with E-state index in [1.165, 1.54) is 16.7 Å². The third kappa shape index (κ3) is 4.01. The van der Waals surface area contributed by atoms with Gasteiger partial charge in [-0.2, -0.15) is 0 Å². The van der Waals surface area contributed by atoms with E-state index in [1.54, 1.807) is 0 Å². The summed E-state index contributed by atoms with van der Waals surface area (Å²) in [7, 11) is 0. The van der Waals surface area contributed by atoms with Crippen LogP contribution in [0.15, 0.2) is 84.9 Å². The normalized spacial score (nSPS) is 12.4. The lowest BCUT2D eigenvalue weighted by Gasteiger charge is -2.22. The van der Waals surface area contributed by atoms with E-state index in [-0.39, 0.29) is 10.8 Å². The maximum Gasteiger partial charge on any atom is 0.0481 e. The Labute approximate surface area is 215 Å². The fraction of sp³-hybridized carbons (Fsp3) is 0.235. The van der Waals surface area contributed by atoms with Crippen molar-refractivity contribution in [3.8, 4) is 22.3 Å². The van der Waals surface area contributed by atoms with E-state index >= 15 is 0 Å². The molecule has 0 amide bonds. The summed E-state index contributed by atoms with van der Waals surface area (Å²) in [5, 5.41) is 4.01. The molecule has 0 heterocycles. The predicted octanol–water partition coefficient (Wildman–Crippen LogP) is 9.09. The molecule has 0 saturated heterocycles. The number of fused-ring (bicyclic) bond motifs is 2. The first-order valence-electron chi connectivity index (χ1n) is 12.7. The van der Waals surface area contributed by atoms with Crippen LogP contribution >= 0.6 is 0 Å². The first-order chi connectivity index (χ1) is 17.0. The van der Waals surface area contributed by atoms with E-state index in [2.05, 4.69) is 114 Å². The van der Waals surface area contributed by atoms with Crippen molar-refractivity contribution in [1.82, 2.24) is 0 Å². The van der Waals surface area contributed by atoms with E-state index in [1.807, 2.05) is 12.1 Å². The molecule has 36 heavy (non-hydrogen) atoms. The molecular weight excluding hydrogens is 436 g/mol. The van der Waals surface area contributed by atoms with Crippen molar-refractivity contribution in [1.29, 1.82) is 0 Å². The molecule has 0 unspecified atom stereocenters. The zero-order valence-corrected chi connectivity index (χ0v) is 22.2. The average molecular weight is 473 g/mol. The molecule has 0 bridgehead atoms. The van der Waals surface area contributed by atoms with Crippen molar-refractivity contribution >= 4 is 32.9 Å². The van der Waals surface area contributed by atoms with Crippen LogP contribution in [0.1, 0.15) is 52.7 Å². The SMILES string of the molecule is CC(C)(C)c1ccc(-c2ccc3c(N)c4ccccc4c(N)c3c2-c2ccc(C(C)(C)C)cc2)cc1. The Bertz CT molecular complexity index is 1580. The molecule has 0 aliphatic carbocycles. The summed E-state index contributed by atoms with van der Waals surface area (Å²) in [5.41, 5.74) is 22.7. The number of anilines is 2. The number of benzene rings is 5. The molecule has 0 fully saturated rings. The summed E-state index contributed by atoms with van der Waals surface area (Å²) >= 11 is 0. The van der Waals surface area contributed by atoms with Gasteiger partial charge in [-0.05, 0) is 44.2 Å². The third-order valence-corrected chi connectivity index (χ3v) is 7.37. The van der Waals surface area contributed by atoms with Crippen LogP contribution in [0.3, 0.4) is 0 Å². The first-order valence-corrected chi connectivity index (χ1v) is 12.7. The summed E-state index contributed by atoms with van der Waals surface area (Å²) in [6, 6.07) is 30.4. The highest BCUT2D eigenvalue weighted by atomic mass is 14.6. The Morgan fingerprint density at radius 3 is 1.44 bits per heavy atom. The second kappa shape index (κ2) is 8.41. The van der Waals surface area contributed by atoms with Gasteiger partial charge in [0.2, 0.25) is 0 Å². The minimum Gasteiger partial charge on any atom is -0.398 e. The molecule has 0 saturated carbocycles. The lowest BCUT2D eigenvalue weighted by molar-refractivity contribution is 0.590. The lowest BCUT2D eigenvalue weighted by atomic mass is 9.83. The van der Waals surface area contributed by atoms with Crippen molar-refractivity contribution in [3.05, 3.63) is 96.1 Å². The Hall–Kier alpha value is -3.78. The monoisotopic (exact) mass is 472 g/mol. The Morgan fingerprint density at radius 1 is 0.472 bits per heavy atom. The highest BCUT2D eigenvalue weighted by molar-refractivity contribution is 6.23. The van der Waals surface area contributed by atoms with Gasteiger partial charge in [0.1, 0.15) is 0 Å². The molecule has 0 aromatic heterocycles. The molecule has 0 spiro atoms. The minimum absolute atomic E-state index is 0.0859. The van der Waals surface area contributed by atoms with E-state index in [0.29, 0.717) is 0 Å². The second-order valence-electron chi connectivity index (χ2n) is 11.9. The largest absolute Gasteiger partial charge is 0.398 e. The lowest BCUT2D eigenvalue weighted by Crippen LogP contribution is -2.10. The fourth-order valence-corrected chi connectivity index (χ4v) is 5.17. The highest BCUT2D eigenvalue weighted by Crippen LogP contribution is 2.46.